The Labute approximate surface area is 156 Å². The maximum atomic E-state index is 12.8. The van der Waals surface area contributed by atoms with Gasteiger partial charge < -0.3 is 9.73 Å². The summed E-state index contributed by atoms with van der Waals surface area (Å²) in [4.78, 5) is 11.9. The lowest BCUT2D eigenvalue weighted by Gasteiger charge is -2.02. The number of aryl methyl sites for hydroxylation is 1. The number of nitrogens with one attached hydrogen (secondary N) is 2. The molecule has 11 heteroatoms. The van der Waals surface area contributed by atoms with E-state index in [9.17, 15) is 9.18 Å². The Kier molecular flexibility index (Phi) is 6.12. The molecule has 0 spiro atoms. The van der Waals surface area contributed by atoms with Crippen LogP contribution in [0.5, 0.6) is 0 Å². The molecule has 136 valence electrons. The zero-order valence-corrected chi connectivity index (χ0v) is 15.4. The topological polar surface area (TPSA) is 106 Å². The Bertz CT molecular complexity index is 867. The van der Waals surface area contributed by atoms with Crippen LogP contribution in [-0.2, 0) is 17.8 Å². The second kappa shape index (κ2) is 8.72. The molecule has 2 N–H and O–H groups in total. The number of nitrogens with zero attached hydrogens (tertiary/aromatic N) is 4. The van der Waals surface area contributed by atoms with Crippen LogP contribution >= 0.6 is 23.1 Å². The Morgan fingerprint density at radius 1 is 1.23 bits per heavy atom. The summed E-state index contributed by atoms with van der Waals surface area (Å²) in [6, 6.07) is 5.95. The third-order valence-corrected chi connectivity index (χ3v) is 4.88. The summed E-state index contributed by atoms with van der Waals surface area (Å²) in [5.41, 5.74) is 0.738. The largest absolute Gasteiger partial charge is 0.414 e. The third-order valence-electron chi connectivity index (χ3n) is 3.08. The number of aromatic nitrogens is 4. The standard InChI is InChI=1S/C15H15FN6O2S2/c1-2-13-20-21-14(26-13)18-11(23)8-25-15-22-19-12(24-15)7-17-10-5-3-9(16)4-6-10/h3-6,17H,2,7-8H2,1H3,(H,18,21,23). The molecule has 2 heterocycles. The van der Waals surface area contributed by atoms with Crippen molar-refractivity contribution in [1.82, 2.24) is 20.4 Å². The average molecular weight is 394 g/mol. The molecule has 0 unspecified atom stereocenters. The van der Waals surface area contributed by atoms with E-state index in [0.717, 1.165) is 28.9 Å². The predicted molar refractivity (Wildman–Crippen MR) is 96.7 cm³/mol. The van der Waals surface area contributed by atoms with E-state index in [1.807, 2.05) is 6.92 Å². The normalized spacial score (nSPS) is 10.7. The fourth-order valence-corrected chi connectivity index (χ4v) is 3.12. The zero-order valence-electron chi connectivity index (χ0n) is 13.7. The van der Waals surface area contributed by atoms with Gasteiger partial charge in [-0.15, -0.1) is 20.4 Å². The lowest BCUT2D eigenvalue weighted by atomic mass is 10.3. The molecule has 1 amide bonds. The van der Waals surface area contributed by atoms with Gasteiger partial charge in [0.2, 0.25) is 16.9 Å². The Morgan fingerprint density at radius 3 is 2.77 bits per heavy atom. The molecule has 0 bridgehead atoms. The van der Waals surface area contributed by atoms with Crippen molar-refractivity contribution in [3.8, 4) is 0 Å². The van der Waals surface area contributed by atoms with Gasteiger partial charge in [-0.3, -0.25) is 10.1 Å². The van der Waals surface area contributed by atoms with Gasteiger partial charge in [-0.2, -0.15) is 0 Å². The number of amides is 1. The van der Waals surface area contributed by atoms with Crippen molar-refractivity contribution < 1.29 is 13.6 Å². The van der Waals surface area contributed by atoms with Gasteiger partial charge in [0.05, 0.1) is 12.3 Å². The van der Waals surface area contributed by atoms with Crippen LogP contribution in [0.25, 0.3) is 0 Å². The fraction of sp³-hybridized carbons (Fsp3) is 0.267. The highest BCUT2D eigenvalue weighted by Crippen LogP contribution is 2.19. The minimum atomic E-state index is -0.301. The highest BCUT2D eigenvalue weighted by atomic mass is 32.2. The monoisotopic (exact) mass is 394 g/mol. The summed E-state index contributed by atoms with van der Waals surface area (Å²) in [5, 5.41) is 23.0. The number of benzene rings is 1. The van der Waals surface area contributed by atoms with Crippen molar-refractivity contribution in [2.45, 2.75) is 25.1 Å². The molecule has 0 fully saturated rings. The Hall–Kier alpha value is -2.53. The fourth-order valence-electron chi connectivity index (χ4n) is 1.84. The number of thioether (sulfide) groups is 1. The van der Waals surface area contributed by atoms with Crippen molar-refractivity contribution in [1.29, 1.82) is 0 Å². The number of anilines is 2. The lowest BCUT2D eigenvalue weighted by molar-refractivity contribution is -0.113. The van der Waals surface area contributed by atoms with Gasteiger partial charge >= 0.3 is 0 Å². The van der Waals surface area contributed by atoms with E-state index in [-0.39, 0.29) is 17.5 Å². The second-order valence-electron chi connectivity index (χ2n) is 5.01. The van der Waals surface area contributed by atoms with Crippen LogP contribution in [0.4, 0.5) is 15.2 Å². The molecule has 0 saturated carbocycles. The molecule has 0 saturated heterocycles. The van der Waals surface area contributed by atoms with E-state index in [2.05, 4.69) is 31.0 Å². The molecular weight excluding hydrogens is 379 g/mol. The van der Waals surface area contributed by atoms with E-state index in [4.69, 9.17) is 4.42 Å². The van der Waals surface area contributed by atoms with Gasteiger partial charge in [-0.1, -0.05) is 30.0 Å². The van der Waals surface area contributed by atoms with Crippen LogP contribution in [-0.4, -0.2) is 32.1 Å². The number of rotatable bonds is 8. The second-order valence-corrected chi connectivity index (χ2v) is 7.00. The molecule has 3 rings (SSSR count). The summed E-state index contributed by atoms with van der Waals surface area (Å²) < 4.78 is 18.3. The summed E-state index contributed by atoms with van der Waals surface area (Å²) >= 11 is 2.48. The smallest absolute Gasteiger partial charge is 0.277 e. The van der Waals surface area contributed by atoms with Gasteiger partial charge in [-0.25, -0.2) is 4.39 Å². The highest BCUT2D eigenvalue weighted by Gasteiger charge is 2.12. The number of carbonyl (C=O) groups is 1. The molecule has 0 aliphatic rings. The average Bonchev–Trinajstić information content (AvgIpc) is 3.28. The SMILES string of the molecule is CCc1nnc(NC(=O)CSc2nnc(CNc3ccc(F)cc3)o2)s1. The van der Waals surface area contributed by atoms with Crippen LogP contribution in [0.1, 0.15) is 17.8 Å². The Balaban J connectivity index is 1.44. The quantitative estimate of drug-likeness (QED) is 0.562. The molecule has 2 aromatic heterocycles. The van der Waals surface area contributed by atoms with Crippen LogP contribution in [0.3, 0.4) is 0 Å². The first-order chi connectivity index (χ1) is 12.6. The van der Waals surface area contributed by atoms with Crippen molar-refractivity contribution in [3.63, 3.8) is 0 Å². The minimum absolute atomic E-state index is 0.119. The first-order valence-electron chi connectivity index (χ1n) is 7.69. The zero-order chi connectivity index (χ0) is 18.4. The van der Waals surface area contributed by atoms with E-state index >= 15 is 0 Å². The minimum Gasteiger partial charge on any atom is -0.414 e. The molecule has 3 aromatic rings. The molecule has 0 atom stereocenters. The number of halogens is 1. The van der Waals surface area contributed by atoms with Crippen molar-refractivity contribution in [2.24, 2.45) is 0 Å². The first kappa shape index (κ1) is 18.3. The van der Waals surface area contributed by atoms with E-state index < -0.39 is 0 Å². The van der Waals surface area contributed by atoms with Crippen LogP contribution in [0.2, 0.25) is 0 Å². The van der Waals surface area contributed by atoms with E-state index in [1.165, 1.54) is 23.5 Å². The van der Waals surface area contributed by atoms with Crippen LogP contribution < -0.4 is 10.6 Å². The molecule has 1 aromatic carbocycles. The summed E-state index contributed by atoms with van der Waals surface area (Å²) in [6.07, 6.45) is 0.777. The van der Waals surface area contributed by atoms with Gasteiger partial charge in [0.25, 0.3) is 5.22 Å². The number of hydrogen-bond acceptors (Lipinski definition) is 9. The van der Waals surface area contributed by atoms with Crippen molar-refractivity contribution in [2.75, 3.05) is 16.4 Å². The third kappa shape index (κ3) is 5.23. The van der Waals surface area contributed by atoms with Gasteiger partial charge in [0.15, 0.2) is 0 Å². The van der Waals surface area contributed by atoms with E-state index in [0.29, 0.717) is 22.8 Å². The summed E-state index contributed by atoms with van der Waals surface area (Å²) in [6.45, 7) is 2.27. The van der Waals surface area contributed by atoms with Gasteiger partial charge in [0.1, 0.15) is 10.8 Å². The summed E-state index contributed by atoms with van der Waals surface area (Å²) in [7, 11) is 0. The van der Waals surface area contributed by atoms with Crippen LogP contribution in [0.15, 0.2) is 33.9 Å². The molecule has 0 aliphatic heterocycles. The molecule has 0 aliphatic carbocycles. The van der Waals surface area contributed by atoms with Gasteiger partial charge in [0, 0.05) is 5.69 Å². The van der Waals surface area contributed by atoms with Crippen molar-refractivity contribution >= 4 is 39.8 Å². The predicted octanol–water partition coefficient (Wildman–Crippen LogP) is 2.97. The summed E-state index contributed by atoms with van der Waals surface area (Å²) in [5.74, 6) is -0.0367. The lowest BCUT2D eigenvalue weighted by Crippen LogP contribution is -2.13. The highest BCUT2D eigenvalue weighted by molar-refractivity contribution is 7.99. The first-order valence-corrected chi connectivity index (χ1v) is 9.49. The number of carbonyl (C=O) groups excluding carboxylic acids is 1. The maximum Gasteiger partial charge on any atom is 0.277 e. The van der Waals surface area contributed by atoms with Gasteiger partial charge in [-0.05, 0) is 30.7 Å². The molecule has 0 radical (unpaired) electrons. The van der Waals surface area contributed by atoms with E-state index in [1.54, 1.807) is 12.1 Å². The maximum absolute atomic E-state index is 12.8. The van der Waals surface area contributed by atoms with Crippen molar-refractivity contribution in [3.05, 3.63) is 41.0 Å². The molecule has 26 heavy (non-hydrogen) atoms. The molecular formula is C15H15FN6O2S2. The molecule has 8 nitrogen and oxygen atoms in total. The Morgan fingerprint density at radius 2 is 2.04 bits per heavy atom. The van der Waals surface area contributed by atoms with Crippen LogP contribution in [0, 0.1) is 5.82 Å². The number of hydrogen-bond donors (Lipinski definition) is 2.